The predicted octanol–water partition coefficient (Wildman–Crippen LogP) is 2.00. The molecule has 1 aliphatic rings. The second kappa shape index (κ2) is 4.28. The Balaban J connectivity index is 3.08. The summed E-state index contributed by atoms with van der Waals surface area (Å²) in [4.78, 5) is 23.3. The quantitative estimate of drug-likeness (QED) is 0.444. The summed E-state index contributed by atoms with van der Waals surface area (Å²) in [6.07, 6.45) is 0.643. The Hall–Kier alpha value is -1.32. The lowest BCUT2D eigenvalue weighted by atomic mass is 9.90. The minimum Gasteiger partial charge on any atom is -0.502 e. The molecule has 1 saturated carbocycles. The summed E-state index contributed by atoms with van der Waals surface area (Å²) >= 11 is 0. The molecule has 90 valence electrons. The molecule has 0 aliphatic heterocycles. The zero-order valence-corrected chi connectivity index (χ0v) is 10.2. The Kier molecular flexibility index (Phi) is 3.41. The van der Waals surface area contributed by atoms with E-state index in [4.69, 9.17) is 0 Å². The first-order chi connectivity index (χ1) is 7.31. The minimum atomic E-state index is -0.810. The number of carbonyl (C=O) groups excluding carboxylic acids is 2. The first-order valence-corrected chi connectivity index (χ1v) is 5.46. The lowest BCUT2D eigenvalue weighted by Gasteiger charge is -2.13. The van der Waals surface area contributed by atoms with Crippen LogP contribution in [0, 0.1) is 11.3 Å². The molecule has 1 aliphatic carbocycles. The van der Waals surface area contributed by atoms with Crippen molar-refractivity contribution in [2.75, 3.05) is 6.61 Å². The molecule has 4 nitrogen and oxygen atoms in total. The number of ketones is 1. The van der Waals surface area contributed by atoms with Crippen LogP contribution in [0.5, 0.6) is 0 Å². The molecule has 0 radical (unpaired) electrons. The largest absolute Gasteiger partial charge is 0.502 e. The van der Waals surface area contributed by atoms with Crippen molar-refractivity contribution in [2.24, 2.45) is 11.3 Å². The standard InChI is InChI=1S/C12H18O4/c1-5-16-11(15)9(13)8-7(2)6-12(3,4)10(8)14/h7,13H,5-6H2,1-4H3/t7-/m1/s1. The monoisotopic (exact) mass is 226 g/mol. The highest BCUT2D eigenvalue weighted by atomic mass is 16.5. The van der Waals surface area contributed by atoms with Gasteiger partial charge in [-0.25, -0.2) is 4.79 Å². The first kappa shape index (κ1) is 12.7. The van der Waals surface area contributed by atoms with Gasteiger partial charge in [-0.1, -0.05) is 20.8 Å². The summed E-state index contributed by atoms with van der Waals surface area (Å²) in [7, 11) is 0. The minimum absolute atomic E-state index is 0.105. The van der Waals surface area contributed by atoms with Crippen LogP contribution < -0.4 is 0 Å². The molecule has 0 aromatic carbocycles. The molecule has 1 fully saturated rings. The van der Waals surface area contributed by atoms with E-state index in [1.165, 1.54) is 0 Å². The van der Waals surface area contributed by atoms with Gasteiger partial charge in [0, 0.05) is 11.0 Å². The van der Waals surface area contributed by atoms with E-state index in [9.17, 15) is 14.7 Å². The highest BCUT2D eigenvalue weighted by Crippen LogP contribution is 2.42. The van der Waals surface area contributed by atoms with Crippen LogP contribution in [0.2, 0.25) is 0 Å². The molecular weight excluding hydrogens is 208 g/mol. The van der Waals surface area contributed by atoms with Crippen molar-refractivity contribution in [3.05, 3.63) is 11.3 Å². The van der Waals surface area contributed by atoms with Gasteiger partial charge in [0.05, 0.1) is 6.61 Å². The van der Waals surface area contributed by atoms with Crippen molar-refractivity contribution in [3.8, 4) is 0 Å². The number of ether oxygens (including phenoxy) is 1. The fourth-order valence-corrected chi connectivity index (χ4v) is 2.20. The van der Waals surface area contributed by atoms with Gasteiger partial charge in [0.25, 0.3) is 0 Å². The fraction of sp³-hybridized carbons (Fsp3) is 0.667. The van der Waals surface area contributed by atoms with Gasteiger partial charge in [-0.2, -0.15) is 0 Å². The molecule has 1 rings (SSSR count). The molecule has 4 heteroatoms. The Morgan fingerprint density at radius 2 is 2.12 bits per heavy atom. The lowest BCUT2D eigenvalue weighted by molar-refractivity contribution is -0.142. The van der Waals surface area contributed by atoms with E-state index in [-0.39, 0.29) is 23.9 Å². The van der Waals surface area contributed by atoms with Gasteiger partial charge in [0.2, 0.25) is 5.76 Å². The second-order valence-corrected chi connectivity index (χ2v) is 4.80. The first-order valence-electron chi connectivity index (χ1n) is 5.46. The number of Topliss-reactive ketones (excluding diaryl/α,β-unsaturated/α-hetero) is 1. The van der Waals surface area contributed by atoms with Gasteiger partial charge in [0.15, 0.2) is 5.78 Å². The van der Waals surface area contributed by atoms with Gasteiger partial charge in [-0.05, 0) is 19.3 Å². The van der Waals surface area contributed by atoms with Crippen LogP contribution in [0.25, 0.3) is 0 Å². The molecule has 0 spiro atoms. The van der Waals surface area contributed by atoms with Crippen LogP contribution >= 0.6 is 0 Å². The molecule has 0 aromatic heterocycles. The number of allylic oxidation sites excluding steroid dienone is 1. The number of esters is 1. The summed E-state index contributed by atoms with van der Waals surface area (Å²) < 4.78 is 4.68. The third-order valence-electron chi connectivity index (χ3n) is 2.89. The Labute approximate surface area is 95.3 Å². The summed E-state index contributed by atoms with van der Waals surface area (Å²) in [6, 6.07) is 0. The number of aliphatic hydroxyl groups excluding tert-OH is 1. The van der Waals surface area contributed by atoms with Crippen molar-refractivity contribution in [1.29, 1.82) is 0 Å². The number of hydrogen-bond acceptors (Lipinski definition) is 4. The predicted molar refractivity (Wildman–Crippen MR) is 58.9 cm³/mol. The fourth-order valence-electron chi connectivity index (χ4n) is 2.20. The van der Waals surface area contributed by atoms with Gasteiger partial charge >= 0.3 is 5.97 Å². The van der Waals surface area contributed by atoms with Crippen molar-refractivity contribution < 1.29 is 19.4 Å². The maximum absolute atomic E-state index is 12.0. The van der Waals surface area contributed by atoms with Crippen molar-refractivity contribution in [1.82, 2.24) is 0 Å². The molecule has 1 N–H and O–H groups in total. The van der Waals surface area contributed by atoms with Crippen molar-refractivity contribution in [3.63, 3.8) is 0 Å². The second-order valence-electron chi connectivity index (χ2n) is 4.80. The van der Waals surface area contributed by atoms with Gasteiger partial charge in [-0.15, -0.1) is 0 Å². The number of aliphatic hydroxyl groups is 1. The zero-order chi connectivity index (χ0) is 12.5. The van der Waals surface area contributed by atoms with Crippen LogP contribution in [0.15, 0.2) is 11.3 Å². The molecule has 0 amide bonds. The lowest BCUT2D eigenvalue weighted by Crippen LogP contribution is -2.20. The Morgan fingerprint density at radius 3 is 2.50 bits per heavy atom. The van der Waals surface area contributed by atoms with E-state index in [1.54, 1.807) is 6.92 Å². The topological polar surface area (TPSA) is 63.6 Å². The van der Waals surface area contributed by atoms with Crippen LogP contribution in [0.4, 0.5) is 0 Å². The zero-order valence-electron chi connectivity index (χ0n) is 10.2. The molecule has 16 heavy (non-hydrogen) atoms. The van der Waals surface area contributed by atoms with E-state index < -0.39 is 17.1 Å². The third kappa shape index (κ3) is 2.10. The molecule has 1 atom stereocenters. The van der Waals surface area contributed by atoms with E-state index in [0.717, 1.165) is 0 Å². The maximum Gasteiger partial charge on any atom is 0.373 e. The Morgan fingerprint density at radius 1 is 1.56 bits per heavy atom. The normalized spacial score (nSPS) is 26.8. The van der Waals surface area contributed by atoms with Crippen molar-refractivity contribution in [2.45, 2.75) is 34.1 Å². The molecule has 0 bridgehead atoms. The smallest absolute Gasteiger partial charge is 0.373 e. The number of carbonyl (C=O) groups is 2. The van der Waals surface area contributed by atoms with Crippen LogP contribution in [-0.2, 0) is 14.3 Å². The summed E-state index contributed by atoms with van der Waals surface area (Å²) in [5.41, 5.74) is -0.293. The van der Waals surface area contributed by atoms with Gasteiger partial charge < -0.3 is 9.84 Å². The van der Waals surface area contributed by atoms with E-state index >= 15 is 0 Å². The molecule has 0 aromatic rings. The van der Waals surface area contributed by atoms with E-state index in [2.05, 4.69) is 4.74 Å². The van der Waals surface area contributed by atoms with Crippen LogP contribution in [-0.4, -0.2) is 23.5 Å². The highest BCUT2D eigenvalue weighted by Gasteiger charge is 2.44. The summed E-state index contributed by atoms with van der Waals surface area (Å²) in [6.45, 7) is 7.30. The van der Waals surface area contributed by atoms with Crippen molar-refractivity contribution >= 4 is 11.8 Å². The summed E-state index contributed by atoms with van der Waals surface area (Å²) in [5.74, 6) is -1.60. The van der Waals surface area contributed by atoms with E-state index in [0.29, 0.717) is 6.42 Å². The molecule has 0 unspecified atom stereocenters. The molecule has 0 heterocycles. The van der Waals surface area contributed by atoms with E-state index in [1.807, 2.05) is 20.8 Å². The van der Waals surface area contributed by atoms with Crippen LogP contribution in [0.3, 0.4) is 0 Å². The summed E-state index contributed by atoms with van der Waals surface area (Å²) in [5, 5.41) is 9.71. The van der Waals surface area contributed by atoms with Gasteiger partial charge in [0.1, 0.15) is 0 Å². The third-order valence-corrected chi connectivity index (χ3v) is 2.89. The number of rotatable bonds is 2. The molecular formula is C12H18O4. The average molecular weight is 226 g/mol. The SMILES string of the molecule is CCOC(=O)C(O)=C1C(=O)C(C)(C)C[C@H]1C. The van der Waals surface area contributed by atoms with Crippen LogP contribution in [0.1, 0.15) is 34.1 Å². The van der Waals surface area contributed by atoms with Gasteiger partial charge in [-0.3, -0.25) is 4.79 Å². The highest BCUT2D eigenvalue weighted by molar-refractivity contribution is 6.07. The Bertz CT molecular complexity index is 352. The number of hydrogen-bond donors (Lipinski definition) is 1. The maximum atomic E-state index is 12.0. The molecule has 0 saturated heterocycles. The average Bonchev–Trinajstić information content (AvgIpc) is 2.36.